The molecule has 4 rings (SSSR count). The molecule has 6 nitrogen and oxygen atoms in total. The molecule has 2 fully saturated rings. The van der Waals surface area contributed by atoms with Crippen molar-refractivity contribution in [3.63, 3.8) is 0 Å². The highest BCUT2D eigenvalue weighted by Gasteiger charge is 2.41. The normalized spacial score (nSPS) is 20.9. The highest BCUT2D eigenvalue weighted by atomic mass is 32.1. The first kappa shape index (κ1) is 16.9. The minimum absolute atomic E-state index is 0.188. The largest absolute Gasteiger partial charge is 0.372 e. The van der Waals surface area contributed by atoms with E-state index in [9.17, 15) is 4.79 Å². The van der Waals surface area contributed by atoms with Crippen LogP contribution in [0.4, 0.5) is 5.13 Å². The third-order valence-corrected chi connectivity index (χ3v) is 6.74. The second-order valence-corrected chi connectivity index (χ2v) is 8.52. The molecular formula is C17H22N4O2S2. The topological polar surface area (TPSA) is 58.6 Å². The van der Waals surface area contributed by atoms with Gasteiger partial charge in [-0.25, -0.2) is 9.97 Å². The van der Waals surface area contributed by atoms with Gasteiger partial charge in [0.2, 0.25) is 5.91 Å². The molecule has 134 valence electrons. The standard InChI is InChI=1S/C17H22N4O2S2/c1-13-12-25-14(19-13)11-21-7-8-23-17(10-15(21)22)2-5-20(6-3-17)16-18-4-9-24-16/h4,9,12H,2-3,5-8,10-11H2,1H3. The van der Waals surface area contributed by atoms with Gasteiger partial charge in [-0.05, 0) is 19.8 Å². The number of anilines is 1. The van der Waals surface area contributed by atoms with Gasteiger partial charge >= 0.3 is 0 Å². The van der Waals surface area contributed by atoms with Crippen molar-refractivity contribution in [1.82, 2.24) is 14.9 Å². The number of amides is 1. The van der Waals surface area contributed by atoms with Crippen LogP contribution in [0, 0.1) is 6.92 Å². The van der Waals surface area contributed by atoms with Gasteiger partial charge in [0.05, 0.1) is 25.2 Å². The molecular weight excluding hydrogens is 356 g/mol. The van der Waals surface area contributed by atoms with Crippen molar-refractivity contribution < 1.29 is 9.53 Å². The highest BCUT2D eigenvalue weighted by molar-refractivity contribution is 7.13. The lowest BCUT2D eigenvalue weighted by Gasteiger charge is -2.40. The summed E-state index contributed by atoms with van der Waals surface area (Å²) < 4.78 is 6.22. The number of ether oxygens (including phenoxy) is 1. The molecule has 2 saturated heterocycles. The molecule has 0 bridgehead atoms. The molecule has 0 unspecified atom stereocenters. The lowest BCUT2D eigenvalue weighted by atomic mass is 9.87. The van der Waals surface area contributed by atoms with E-state index in [4.69, 9.17) is 4.74 Å². The SMILES string of the molecule is Cc1csc(CN2CCOC3(CCN(c4nccs4)CC3)CC2=O)n1. The number of hydrogen-bond donors (Lipinski definition) is 0. The lowest BCUT2D eigenvalue weighted by Crippen LogP contribution is -2.47. The summed E-state index contributed by atoms with van der Waals surface area (Å²) in [4.78, 5) is 25.9. The molecule has 1 spiro atoms. The van der Waals surface area contributed by atoms with Crippen molar-refractivity contribution in [1.29, 1.82) is 0 Å². The summed E-state index contributed by atoms with van der Waals surface area (Å²) in [7, 11) is 0. The van der Waals surface area contributed by atoms with E-state index in [2.05, 4.69) is 14.9 Å². The summed E-state index contributed by atoms with van der Waals surface area (Å²) in [6, 6.07) is 0. The Morgan fingerprint density at radius 3 is 2.80 bits per heavy atom. The van der Waals surface area contributed by atoms with E-state index in [0.29, 0.717) is 26.1 Å². The maximum atomic E-state index is 12.8. The predicted molar refractivity (Wildman–Crippen MR) is 99.1 cm³/mol. The van der Waals surface area contributed by atoms with Gasteiger partial charge in [0.15, 0.2) is 5.13 Å². The third kappa shape index (κ3) is 3.70. The third-order valence-electron chi connectivity index (χ3n) is 4.95. The van der Waals surface area contributed by atoms with E-state index in [0.717, 1.165) is 41.8 Å². The maximum Gasteiger partial charge on any atom is 0.225 e. The molecule has 0 atom stereocenters. The number of carbonyl (C=O) groups is 1. The first-order valence-corrected chi connectivity index (χ1v) is 10.4. The van der Waals surface area contributed by atoms with Crippen molar-refractivity contribution in [3.8, 4) is 0 Å². The minimum Gasteiger partial charge on any atom is -0.372 e. The first-order chi connectivity index (χ1) is 12.1. The number of rotatable bonds is 3. The van der Waals surface area contributed by atoms with E-state index in [1.165, 1.54) is 0 Å². The molecule has 2 aliphatic rings. The van der Waals surface area contributed by atoms with Crippen LogP contribution in [-0.4, -0.2) is 52.6 Å². The minimum atomic E-state index is -0.307. The molecule has 0 saturated carbocycles. The lowest BCUT2D eigenvalue weighted by molar-refractivity contribution is -0.134. The fourth-order valence-corrected chi connectivity index (χ4v) is 5.02. The molecule has 25 heavy (non-hydrogen) atoms. The van der Waals surface area contributed by atoms with Crippen LogP contribution in [0.25, 0.3) is 0 Å². The van der Waals surface area contributed by atoms with Gasteiger partial charge in [0, 0.05) is 42.3 Å². The quantitative estimate of drug-likeness (QED) is 0.822. The molecule has 2 aliphatic heterocycles. The summed E-state index contributed by atoms with van der Waals surface area (Å²) >= 11 is 3.29. The molecule has 8 heteroatoms. The van der Waals surface area contributed by atoms with Gasteiger partial charge in [0.25, 0.3) is 0 Å². The first-order valence-electron chi connectivity index (χ1n) is 8.61. The number of carbonyl (C=O) groups excluding carboxylic acids is 1. The van der Waals surface area contributed by atoms with Crippen LogP contribution in [0.15, 0.2) is 17.0 Å². The Hall–Kier alpha value is -1.51. The van der Waals surface area contributed by atoms with E-state index >= 15 is 0 Å². The molecule has 0 aromatic carbocycles. The number of nitrogens with zero attached hydrogens (tertiary/aromatic N) is 4. The zero-order valence-electron chi connectivity index (χ0n) is 14.3. The predicted octanol–water partition coefficient (Wildman–Crippen LogP) is 2.70. The molecule has 4 heterocycles. The Kier molecular flexibility index (Phi) is 4.75. The summed E-state index contributed by atoms with van der Waals surface area (Å²) in [6.07, 6.45) is 4.07. The Labute approximate surface area is 155 Å². The van der Waals surface area contributed by atoms with E-state index in [1.54, 1.807) is 22.7 Å². The van der Waals surface area contributed by atoms with Crippen LogP contribution in [0.1, 0.15) is 30.0 Å². The van der Waals surface area contributed by atoms with Crippen molar-refractivity contribution >= 4 is 33.7 Å². The van der Waals surface area contributed by atoms with Gasteiger partial charge in [-0.1, -0.05) is 0 Å². The molecule has 1 amide bonds. The molecule has 0 N–H and O–H groups in total. The Bertz CT molecular complexity index is 723. The Morgan fingerprint density at radius 1 is 1.28 bits per heavy atom. The average molecular weight is 379 g/mol. The fourth-order valence-electron chi connectivity index (χ4n) is 3.54. The van der Waals surface area contributed by atoms with Crippen molar-refractivity contribution in [3.05, 3.63) is 27.7 Å². The van der Waals surface area contributed by atoms with E-state index in [-0.39, 0.29) is 11.5 Å². The second kappa shape index (κ2) is 7.01. The maximum absolute atomic E-state index is 12.8. The summed E-state index contributed by atoms with van der Waals surface area (Å²) in [5.74, 6) is 0.188. The van der Waals surface area contributed by atoms with Crippen molar-refractivity contribution in [2.24, 2.45) is 0 Å². The van der Waals surface area contributed by atoms with Gasteiger partial charge in [-0.3, -0.25) is 4.79 Å². The monoisotopic (exact) mass is 378 g/mol. The molecule has 0 radical (unpaired) electrons. The van der Waals surface area contributed by atoms with Gasteiger partial charge in [-0.2, -0.15) is 0 Å². The molecule has 0 aliphatic carbocycles. The summed E-state index contributed by atoms with van der Waals surface area (Å²) in [6.45, 7) is 5.63. The average Bonchev–Trinajstić information content (AvgIpc) is 3.24. The Morgan fingerprint density at radius 2 is 2.12 bits per heavy atom. The fraction of sp³-hybridized carbons (Fsp3) is 0.588. The Balaban J connectivity index is 1.39. The van der Waals surface area contributed by atoms with Crippen LogP contribution in [-0.2, 0) is 16.1 Å². The van der Waals surface area contributed by atoms with E-state index in [1.807, 2.05) is 28.8 Å². The van der Waals surface area contributed by atoms with E-state index < -0.39 is 0 Å². The second-order valence-electron chi connectivity index (χ2n) is 6.71. The zero-order valence-corrected chi connectivity index (χ0v) is 15.9. The van der Waals surface area contributed by atoms with Gasteiger partial charge in [-0.15, -0.1) is 22.7 Å². The number of aryl methyl sites for hydroxylation is 1. The van der Waals surface area contributed by atoms with Gasteiger partial charge in [0.1, 0.15) is 5.01 Å². The number of piperidine rings is 1. The number of aromatic nitrogens is 2. The van der Waals surface area contributed by atoms with Crippen LogP contribution < -0.4 is 4.90 Å². The zero-order chi connectivity index (χ0) is 17.3. The summed E-state index contributed by atoms with van der Waals surface area (Å²) in [5.41, 5.74) is 0.711. The van der Waals surface area contributed by atoms with Crippen molar-refractivity contribution in [2.75, 3.05) is 31.1 Å². The van der Waals surface area contributed by atoms with Crippen LogP contribution in [0.5, 0.6) is 0 Å². The van der Waals surface area contributed by atoms with Crippen LogP contribution in [0.2, 0.25) is 0 Å². The number of hydrogen-bond acceptors (Lipinski definition) is 7. The number of thiazole rings is 2. The van der Waals surface area contributed by atoms with Gasteiger partial charge < -0.3 is 14.5 Å². The molecule has 2 aromatic heterocycles. The van der Waals surface area contributed by atoms with Crippen LogP contribution >= 0.6 is 22.7 Å². The smallest absolute Gasteiger partial charge is 0.225 e. The summed E-state index contributed by atoms with van der Waals surface area (Å²) in [5, 5.41) is 6.10. The molecule has 2 aromatic rings. The van der Waals surface area contributed by atoms with Crippen molar-refractivity contribution in [2.45, 2.75) is 38.3 Å². The van der Waals surface area contributed by atoms with Crippen LogP contribution in [0.3, 0.4) is 0 Å². The highest BCUT2D eigenvalue weighted by Crippen LogP contribution is 2.34.